The van der Waals surface area contributed by atoms with Crippen LogP contribution in [0.5, 0.6) is 0 Å². The minimum atomic E-state index is -0.768. The molecule has 2 aromatic heterocycles. The lowest BCUT2D eigenvalue weighted by molar-refractivity contribution is -0.738. The third-order valence-electron chi connectivity index (χ3n) is 3.59. The molecule has 1 aliphatic rings. The molecule has 23 heavy (non-hydrogen) atoms. The van der Waals surface area contributed by atoms with Crippen molar-refractivity contribution in [3.8, 4) is 0 Å². The van der Waals surface area contributed by atoms with Gasteiger partial charge in [0.25, 0.3) is 5.56 Å². The number of aliphatic hydroxyl groups is 2. The molecule has 10 nitrogen and oxygen atoms in total. The van der Waals surface area contributed by atoms with Crippen LogP contribution >= 0.6 is 0 Å². The van der Waals surface area contributed by atoms with Crippen LogP contribution in [-0.2, 0) is 4.74 Å². The van der Waals surface area contributed by atoms with Gasteiger partial charge in [-0.25, -0.2) is 4.57 Å². The van der Waals surface area contributed by atoms with Gasteiger partial charge in [-0.05, 0) is 0 Å². The van der Waals surface area contributed by atoms with Crippen LogP contribution in [0.15, 0.2) is 16.1 Å². The summed E-state index contributed by atoms with van der Waals surface area (Å²) >= 11 is 0. The number of hydrogen-bond acceptors (Lipinski definition) is 6. The lowest BCUT2D eigenvalue weighted by Gasteiger charge is -2.10. The molecule has 1 aliphatic heterocycles. The first kappa shape index (κ1) is 15.6. The molecular formula is C13H19N6O4+. The van der Waals surface area contributed by atoms with Gasteiger partial charge in [-0.1, -0.05) is 4.98 Å². The number of aromatic nitrogens is 4. The minimum absolute atomic E-state index is 0.168. The summed E-state index contributed by atoms with van der Waals surface area (Å²) in [5.74, 6) is 0.168. The van der Waals surface area contributed by atoms with Gasteiger partial charge in [0, 0.05) is 20.5 Å². The van der Waals surface area contributed by atoms with Gasteiger partial charge in [0.15, 0.2) is 12.6 Å². The average molecular weight is 323 g/mol. The summed E-state index contributed by atoms with van der Waals surface area (Å²) in [5.41, 5.74) is 0.312. The number of nitrogens with zero attached hydrogens (tertiary/aromatic N) is 4. The van der Waals surface area contributed by atoms with Crippen LogP contribution in [-0.4, -0.2) is 69.3 Å². The van der Waals surface area contributed by atoms with Gasteiger partial charge in [0.2, 0.25) is 5.52 Å². The number of aromatic amines is 2. The summed E-state index contributed by atoms with van der Waals surface area (Å²) in [6.07, 6.45) is 1.45. The molecule has 4 N–H and O–H groups in total. The molecule has 0 radical (unpaired) electrons. The first-order valence-corrected chi connectivity index (χ1v) is 7.17. The fraction of sp³-hybridized carbons (Fsp3) is 0.538. The third kappa shape index (κ3) is 2.96. The van der Waals surface area contributed by atoms with Gasteiger partial charge in [-0.2, -0.15) is 4.99 Å². The van der Waals surface area contributed by atoms with Crippen molar-refractivity contribution in [2.24, 2.45) is 4.99 Å². The van der Waals surface area contributed by atoms with Crippen molar-refractivity contribution in [1.82, 2.24) is 19.9 Å². The predicted molar refractivity (Wildman–Crippen MR) is 80.4 cm³/mol. The molecule has 3 heterocycles. The highest BCUT2D eigenvalue weighted by Gasteiger charge is 2.38. The quantitative estimate of drug-likeness (QED) is 0.304. The number of hydrogen-bond donors (Lipinski definition) is 4. The van der Waals surface area contributed by atoms with Gasteiger partial charge in [0.05, 0.1) is 19.0 Å². The van der Waals surface area contributed by atoms with Crippen LogP contribution in [0.3, 0.4) is 0 Å². The van der Waals surface area contributed by atoms with Gasteiger partial charge in [-0.15, -0.1) is 0 Å². The Morgan fingerprint density at radius 1 is 1.61 bits per heavy atom. The zero-order valence-corrected chi connectivity index (χ0v) is 12.8. The zero-order chi connectivity index (χ0) is 16.6. The molecule has 2 aromatic rings. The van der Waals surface area contributed by atoms with E-state index in [0.717, 1.165) is 0 Å². The maximum absolute atomic E-state index is 12.1. The summed E-state index contributed by atoms with van der Waals surface area (Å²) in [7, 11) is 3.61. The zero-order valence-electron chi connectivity index (χ0n) is 12.8. The van der Waals surface area contributed by atoms with E-state index in [2.05, 4.69) is 19.9 Å². The second kappa shape index (κ2) is 6.07. The Kier molecular flexibility index (Phi) is 4.11. The molecule has 0 amide bonds. The average Bonchev–Trinajstić information content (AvgIpc) is 3.08. The highest BCUT2D eigenvalue weighted by Crippen LogP contribution is 2.25. The fourth-order valence-corrected chi connectivity index (χ4v) is 2.46. The molecule has 3 atom stereocenters. The van der Waals surface area contributed by atoms with Crippen molar-refractivity contribution in [2.75, 3.05) is 20.7 Å². The van der Waals surface area contributed by atoms with Crippen molar-refractivity contribution in [3.05, 3.63) is 16.7 Å². The summed E-state index contributed by atoms with van der Waals surface area (Å²) in [6.45, 7) is -0.271. The lowest BCUT2D eigenvalue weighted by atomic mass is 10.2. The molecule has 0 saturated carbocycles. The highest BCUT2D eigenvalue weighted by molar-refractivity contribution is 5.67. The standard InChI is InChI=1S/C13H18N6O4/c1-18(2)5-15-13-16-11-10(12(22)17-13)14-6-19(11)9-3-7(21)8(4-20)23-9/h5-9,20-21H,3-4H2,1-2H3,(H,16,17,22)/p+1/b15-5+. The van der Waals surface area contributed by atoms with Crippen molar-refractivity contribution >= 4 is 23.5 Å². The van der Waals surface area contributed by atoms with Crippen LogP contribution in [0, 0.1) is 0 Å². The van der Waals surface area contributed by atoms with Crippen LogP contribution in [0.25, 0.3) is 11.2 Å². The maximum Gasteiger partial charge on any atom is 0.313 e. The molecule has 1 fully saturated rings. The predicted octanol–water partition coefficient (Wildman–Crippen LogP) is -1.60. The van der Waals surface area contributed by atoms with E-state index in [-0.39, 0.29) is 18.1 Å². The lowest BCUT2D eigenvalue weighted by Crippen LogP contribution is -2.39. The van der Waals surface area contributed by atoms with E-state index in [4.69, 9.17) is 4.74 Å². The number of nitrogens with one attached hydrogen (secondary N) is 2. The van der Waals surface area contributed by atoms with Crippen LogP contribution < -0.4 is 10.1 Å². The first-order chi connectivity index (χ1) is 11.0. The van der Waals surface area contributed by atoms with E-state index in [0.29, 0.717) is 17.6 Å². The molecular weight excluding hydrogens is 304 g/mol. The molecule has 3 unspecified atom stereocenters. The largest absolute Gasteiger partial charge is 0.394 e. The Morgan fingerprint density at radius 3 is 3.04 bits per heavy atom. The number of H-pyrrole nitrogens is 2. The van der Waals surface area contributed by atoms with Crippen LogP contribution in [0.1, 0.15) is 12.6 Å². The van der Waals surface area contributed by atoms with Crippen molar-refractivity contribution in [3.63, 3.8) is 0 Å². The molecule has 1 saturated heterocycles. The molecule has 3 rings (SSSR count). The summed E-state index contributed by atoms with van der Waals surface area (Å²) in [6, 6.07) is 0. The fourth-order valence-electron chi connectivity index (χ4n) is 2.46. The Hall–Kier alpha value is -2.30. The number of ether oxygens (including phenoxy) is 1. The highest BCUT2D eigenvalue weighted by atomic mass is 16.5. The topological polar surface area (TPSA) is 131 Å². The maximum atomic E-state index is 12.1. The Bertz CT molecular complexity index is 782. The van der Waals surface area contributed by atoms with Crippen molar-refractivity contribution < 1.29 is 19.5 Å². The van der Waals surface area contributed by atoms with E-state index < -0.39 is 18.4 Å². The van der Waals surface area contributed by atoms with Crippen LogP contribution in [0.4, 0.5) is 5.95 Å². The van der Waals surface area contributed by atoms with Crippen molar-refractivity contribution in [2.45, 2.75) is 24.9 Å². The molecule has 0 aliphatic carbocycles. The van der Waals surface area contributed by atoms with Gasteiger partial charge in [-0.3, -0.25) is 14.8 Å². The number of aliphatic imine (C=N–C) groups is 1. The Labute approximate surface area is 131 Å². The molecule has 0 spiro atoms. The molecule has 10 heteroatoms. The van der Waals surface area contributed by atoms with E-state index in [9.17, 15) is 15.0 Å². The second-order valence-electron chi connectivity index (χ2n) is 5.59. The molecule has 0 bridgehead atoms. The SMILES string of the molecule is CN(C)/C=N/c1nc2c([nH]c[n+]2C2CC(O)C(CO)O2)c(=O)[nH]1. The Balaban J connectivity index is 2.00. The van der Waals surface area contributed by atoms with E-state index >= 15 is 0 Å². The summed E-state index contributed by atoms with van der Waals surface area (Å²) < 4.78 is 7.22. The number of fused-ring (bicyclic) bond motifs is 1. The van der Waals surface area contributed by atoms with Crippen molar-refractivity contribution in [1.29, 1.82) is 0 Å². The summed E-state index contributed by atoms with van der Waals surface area (Å²) in [5, 5.41) is 19.0. The van der Waals surface area contributed by atoms with E-state index in [1.165, 1.54) is 6.34 Å². The van der Waals surface area contributed by atoms with Crippen LogP contribution in [0.2, 0.25) is 0 Å². The number of aliphatic hydroxyl groups excluding tert-OH is 2. The second-order valence-corrected chi connectivity index (χ2v) is 5.59. The van der Waals surface area contributed by atoms with Gasteiger partial charge >= 0.3 is 11.6 Å². The first-order valence-electron chi connectivity index (χ1n) is 7.17. The number of rotatable bonds is 4. The minimum Gasteiger partial charge on any atom is -0.394 e. The van der Waals surface area contributed by atoms with Gasteiger partial charge in [0.1, 0.15) is 6.10 Å². The molecule has 124 valence electrons. The number of imidazole rings is 1. The van der Waals surface area contributed by atoms with E-state index in [1.54, 1.807) is 29.9 Å². The monoisotopic (exact) mass is 323 g/mol. The normalized spacial score (nSPS) is 24.8. The summed E-state index contributed by atoms with van der Waals surface area (Å²) in [4.78, 5) is 27.6. The van der Waals surface area contributed by atoms with E-state index in [1.807, 2.05) is 0 Å². The third-order valence-corrected chi connectivity index (χ3v) is 3.59. The van der Waals surface area contributed by atoms with Gasteiger partial charge < -0.3 is 19.8 Å². The molecule has 0 aromatic carbocycles. The Morgan fingerprint density at radius 2 is 2.39 bits per heavy atom. The smallest absolute Gasteiger partial charge is 0.313 e.